The highest BCUT2D eigenvalue weighted by Crippen LogP contribution is 2.18. The topological polar surface area (TPSA) is 60.7 Å². The minimum absolute atomic E-state index is 0.321. The molecular weight excluding hydrogens is 120 g/mol. The minimum atomic E-state index is -0.714. The molecule has 1 aliphatic carbocycles. The molecule has 3 N–H and O–H groups in total. The van der Waals surface area contributed by atoms with Gasteiger partial charge >= 0.3 is 0 Å². The van der Waals surface area contributed by atoms with Gasteiger partial charge in [-0.2, -0.15) is 0 Å². The SMILES string of the molecule is O[C@H]1CC[C@@H](O)[C@H](O)C1. The van der Waals surface area contributed by atoms with Gasteiger partial charge in [0.2, 0.25) is 0 Å². The average Bonchev–Trinajstić information content (AvgIpc) is 1.80. The van der Waals surface area contributed by atoms with Crippen molar-refractivity contribution >= 4 is 0 Å². The van der Waals surface area contributed by atoms with Gasteiger partial charge in [-0.05, 0) is 12.8 Å². The van der Waals surface area contributed by atoms with E-state index in [9.17, 15) is 0 Å². The van der Waals surface area contributed by atoms with Crippen molar-refractivity contribution in [2.24, 2.45) is 0 Å². The first kappa shape index (κ1) is 6.99. The Balaban J connectivity index is 2.35. The van der Waals surface area contributed by atoms with Crippen molar-refractivity contribution in [1.29, 1.82) is 0 Å². The molecule has 54 valence electrons. The van der Waals surface area contributed by atoms with Gasteiger partial charge in [0.25, 0.3) is 0 Å². The lowest BCUT2D eigenvalue weighted by molar-refractivity contribution is -0.0494. The van der Waals surface area contributed by atoms with E-state index in [1.807, 2.05) is 0 Å². The zero-order valence-electron chi connectivity index (χ0n) is 5.20. The van der Waals surface area contributed by atoms with Crippen LogP contribution in [0.4, 0.5) is 0 Å². The van der Waals surface area contributed by atoms with Crippen molar-refractivity contribution in [3.63, 3.8) is 0 Å². The van der Waals surface area contributed by atoms with Gasteiger partial charge in [-0.1, -0.05) is 0 Å². The van der Waals surface area contributed by atoms with Crippen LogP contribution in [0.1, 0.15) is 19.3 Å². The van der Waals surface area contributed by atoms with E-state index in [1.54, 1.807) is 0 Å². The second-order valence-corrected chi connectivity index (χ2v) is 2.60. The molecule has 0 aromatic heterocycles. The van der Waals surface area contributed by atoms with Crippen molar-refractivity contribution in [2.45, 2.75) is 37.6 Å². The summed E-state index contributed by atoms with van der Waals surface area (Å²) >= 11 is 0. The van der Waals surface area contributed by atoms with Crippen LogP contribution < -0.4 is 0 Å². The Labute approximate surface area is 53.9 Å². The molecule has 0 aromatic rings. The molecule has 1 rings (SSSR count). The second-order valence-electron chi connectivity index (χ2n) is 2.60. The van der Waals surface area contributed by atoms with Gasteiger partial charge in [0.1, 0.15) is 0 Å². The molecule has 0 unspecified atom stereocenters. The molecule has 0 heterocycles. The van der Waals surface area contributed by atoms with Crippen LogP contribution in [-0.4, -0.2) is 33.6 Å². The van der Waals surface area contributed by atoms with Crippen LogP contribution in [0.5, 0.6) is 0 Å². The number of aliphatic hydroxyl groups is 3. The monoisotopic (exact) mass is 132 g/mol. The predicted octanol–water partition coefficient (Wildman–Crippen LogP) is -0.747. The van der Waals surface area contributed by atoms with E-state index >= 15 is 0 Å². The zero-order chi connectivity index (χ0) is 6.85. The van der Waals surface area contributed by atoms with E-state index in [2.05, 4.69) is 0 Å². The third-order valence-corrected chi connectivity index (χ3v) is 1.75. The van der Waals surface area contributed by atoms with Crippen molar-refractivity contribution in [3.05, 3.63) is 0 Å². The summed E-state index contributed by atoms with van der Waals surface area (Å²) in [6, 6.07) is 0. The maximum Gasteiger partial charge on any atom is 0.0823 e. The van der Waals surface area contributed by atoms with Gasteiger partial charge in [0, 0.05) is 6.42 Å². The number of hydrogen-bond donors (Lipinski definition) is 3. The van der Waals surface area contributed by atoms with Gasteiger partial charge in [-0.25, -0.2) is 0 Å². The summed E-state index contributed by atoms with van der Waals surface area (Å²) in [7, 11) is 0. The molecule has 3 heteroatoms. The zero-order valence-corrected chi connectivity index (χ0v) is 5.20. The lowest BCUT2D eigenvalue weighted by Gasteiger charge is -2.26. The number of hydrogen-bond acceptors (Lipinski definition) is 3. The highest BCUT2D eigenvalue weighted by Gasteiger charge is 2.25. The highest BCUT2D eigenvalue weighted by atomic mass is 16.3. The first-order valence-electron chi connectivity index (χ1n) is 3.24. The molecule has 1 aliphatic rings. The second kappa shape index (κ2) is 2.64. The molecule has 0 aromatic carbocycles. The molecular formula is C6H12O3. The van der Waals surface area contributed by atoms with Crippen molar-refractivity contribution < 1.29 is 15.3 Å². The smallest absolute Gasteiger partial charge is 0.0823 e. The highest BCUT2D eigenvalue weighted by molar-refractivity contribution is 4.77. The fourth-order valence-electron chi connectivity index (χ4n) is 1.11. The molecule has 0 bridgehead atoms. The van der Waals surface area contributed by atoms with Gasteiger partial charge in [-0.3, -0.25) is 0 Å². The van der Waals surface area contributed by atoms with Crippen LogP contribution in [-0.2, 0) is 0 Å². The standard InChI is InChI=1S/C6H12O3/c7-4-1-2-5(8)6(9)3-4/h4-9H,1-3H2/t4-,5+,6+/m0/s1. The third kappa shape index (κ3) is 1.64. The quantitative estimate of drug-likeness (QED) is 0.406. The lowest BCUT2D eigenvalue weighted by atomic mass is 9.93. The maximum absolute atomic E-state index is 8.94. The van der Waals surface area contributed by atoms with E-state index in [0.29, 0.717) is 19.3 Å². The first-order chi connectivity index (χ1) is 4.20. The maximum atomic E-state index is 8.94. The minimum Gasteiger partial charge on any atom is -0.393 e. The van der Waals surface area contributed by atoms with Crippen LogP contribution in [0.3, 0.4) is 0 Å². The lowest BCUT2D eigenvalue weighted by Crippen LogP contribution is -2.35. The van der Waals surface area contributed by atoms with E-state index < -0.39 is 18.3 Å². The number of aliphatic hydroxyl groups excluding tert-OH is 3. The van der Waals surface area contributed by atoms with Crippen LogP contribution in [0.15, 0.2) is 0 Å². The van der Waals surface area contributed by atoms with Crippen LogP contribution in [0.2, 0.25) is 0 Å². The van der Waals surface area contributed by atoms with E-state index in [0.717, 1.165) is 0 Å². The summed E-state index contributed by atoms with van der Waals surface area (Å²) in [5.74, 6) is 0. The summed E-state index contributed by atoms with van der Waals surface area (Å²) in [4.78, 5) is 0. The van der Waals surface area contributed by atoms with E-state index in [-0.39, 0.29) is 0 Å². The summed E-state index contributed by atoms with van der Waals surface area (Å²) in [6.45, 7) is 0. The fourth-order valence-corrected chi connectivity index (χ4v) is 1.11. The predicted molar refractivity (Wildman–Crippen MR) is 31.9 cm³/mol. The molecule has 1 fully saturated rings. The summed E-state index contributed by atoms with van der Waals surface area (Å²) in [5, 5.41) is 26.8. The Morgan fingerprint density at radius 2 is 1.56 bits per heavy atom. The van der Waals surface area contributed by atoms with Gasteiger partial charge in [-0.15, -0.1) is 0 Å². The normalized spacial score (nSPS) is 45.0. The molecule has 3 atom stereocenters. The van der Waals surface area contributed by atoms with Gasteiger partial charge < -0.3 is 15.3 Å². The fraction of sp³-hybridized carbons (Fsp3) is 1.00. The Bertz CT molecular complexity index is 94.3. The van der Waals surface area contributed by atoms with Crippen LogP contribution >= 0.6 is 0 Å². The molecule has 3 nitrogen and oxygen atoms in total. The van der Waals surface area contributed by atoms with Crippen molar-refractivity contribution in [2.75, 3.05) is 0 Å². The summed E-state index contributed by atoms with van der Waals surface area (Å²) in [6.07, 6.45) is -0.299. The Morgan fingerprint density at radius 1 is 0.889 bits per heavy atom. The number of rotatable bonds is 0. The van der Waals surface area contributed by atoms with Crippen molar-refractivity contribution in [1.82, 2.24) is 0 Å². The van der Waals surface area contributed by atoms with Crippen molar-refractivity contribution in [3.8, 4) is 0 Å². The third-order valence-electron chi connectivity index (χ3n) is 1.75. The molecule has 0 saturated heterocycles. The van der Waals surface area contributed by atoms with Crippen LogP contribution in [0, 0.1) is 0 Å². The van der Waals surface area contributed by atoms with Gasteiger partial charge in [0.15, 0.2) is 0 Å². The largest absolute Gasteiger partial charge is 0.393 e. The van der Waals surface area contributed by atoms with E-state index in [4.69, 9.17) is 15.3 Å². The molecule has 0 aliphatic heterocycles. The molecule has 9 heavy (non-hydrogen) atoms. The average molecular weight is 132 g/mol. The molecule has 0 radical (unpaired) electrons. The Morgan fingerprint density at radius 3 is 2.00 bits per heavy atom. The summed E-state index contributed by atoms with van der Waals surface area (Å²) in [5.41, 5.74) is 0. The van der Waals surface area contributed by atoms with Gasteiger partial charge in [0.05, 0.1) is 18.3 Å². The summed E-state index contributed by atoms with van der Waals surface area (Å²) < 4.78 is 0. The Kier molecular flexibility index (Phi) is 2.05. The molecule has 0 amide bonds. The Hall–Kier alpha value is -0.120. The van der Waals surface area contributed by atoms with Crippen LogP contribution in [0.25, 0.3) is 0 Å². The molecule has 0 spiro atoms. The first-order valence-corrected chi connectivity index (χ1v) is 3.24. The molecule has 1 saturated carbocycles. The van der Waals surface area contributed by atoms with E-state index in [1.165, 1.54) is 0 Å².